The minimum absolute atomic E-state index is 0.0283. The Hall–Kier alpha value is -3.04. The number of amidine groups is 1. The number of para-hydroxylation sites is 1. The van der Waals surface area contributed by atoms with Gasteiger partial charge in [0.05, 0.1) is 26.7 Å². The van der Waals surface area contributed by atoms with Crippen LogP contribution in [0.25, 0.3) is 22.2 Å². The highest BCUT2D eigenvalue weighted by Crippen LogP contribution is 2.36. The Labute approximate surface area is 187 Å². The highest BCUT2D eigenvalue weighted by atomic mass is 32.2. The highest BCUT2D eigenvalue weighted by molar-refractivity contribution is 7.91. The van der Waals surface area contributed by atoms with E-state index in [2.05, 4.69) is 10.1 Å². The van der Waals surface area contributed by atoms with Crippen molar-refractivity contribution in [2.24, 2.45) is 27.6 Å². The summed E-state index contributed by atoms with van der Waals surface area (Å²) < 4.78 is 39.9. The summed E-state index contributed by atoms with van der Waals surface area (Å²) in [6.07, 6.45) is 0. The van der Waals surface area contributed by atoms with Crippen molar-refractivity contribution in [3.63, 3.8) is 0 Å². The van der Waals surface area contributed by atoms with Crippen LogP contribution < -0.4 is 33.7 Å². The lowest BCUT2D eigenvalue weighted by atomic mass is 9.97. The zero-order valence-corrected chi connectivity index (χ0v) is 18.9. The highest BCUT2D eigenvalue weighted by Gasteiger charge is 2.28. The van der Waals surface area contributed by atoms with E-state index in [1.807, 2.05) is 23.1 Å². The molecule has 0 saturated heterocycles. The van der Waals surface area contributed by atoms with Crippen LogP contribution in [0.2, 0.25) is 0 Å². The Balaban J connectivity index is 2.49. The molecule has 11 N–H and O–H groups in total. The van der Waals surface area contributed by atoms with Crippen LogP contribution in [-0.2, 0) is 27.4 Å². The van der Waals surface area contributed by atoms with E-state index in [-0.39, 0.29) is 28.6 Å². The first-order chi connectivity index (χ1) is 15.1. The Kier molecular flexibility index (Phi) is 6.80. The van der Waals surface area contributed by atoms with E-state index >= 15 is 0 Å². The number of nitrogens with one attached hydrogen (secondary N) is 1. The second kappa shape index (κ2) is 9.22. The summed E-state index contributed by atoms with van der Waals surface area (Å²) >= 11 is 0. The molecule has 1 aromatic heterocycles. The molecule has 1 unspecified atom stereocenters. The first-order valence-corrected chi connectivity index (χ1v) is 12.3. The van der Waals surface area contributed by atoms with Crippen LogP contribution in [0.1, 0.15) is 12.5 Å². The molecule has 14 heteroatoms. The van der Waals surface area contributed by atoms with Crippen molar-refractivity contribution in [2.75, 3.05) is 18.0 Å². The number of sulfonamides is 1. The molecule has 3 rings (SSSR count). The van der Waals surface area contributed by atoms with Crippen molar-refractivity contribution in [1.82, 2.24) is 15.1 Å². The van der Waals surface area contributed by atoms with Gasteiger partial charge in [0.25, 0.3) is 0 Å². The molecule has 0 aliphatic rings. The van der Waals surface area contributed by atoms with Crippen molar-refractivity contribution in [3.8, 4) is 11.1 Å². The smallest absolute Gasteiger partial charge is 0.240 e. The molecule has 0 amide bonds. The molecule has 12 nitrogen and oxygen atoms in total. The Morgan fingerprint density at radius 3 is 2.56 bits per heavy atom. The number of anilines is 1. The molecule has 0 radical (unpaired) electrons. The van der Waals surface area contributed by atoms with Gasteiger partial charge in [0.1, 0.15) is 4.90 Å². The third-order valence-corrected chi connectivity index (χ3v) is 7.37. The van der Waals surface area contributed by atoms with Crippen LogP contribution in [0, 0.1) is 0 Å². The average molecular weight is 480 g/mol. The summed E-state index contributed by atoms with van der Waals surface area (Å²) in [6.45, 7) is 2.58. The second-order valence-corrected chi connectivity index (χ2v) is 9.75. The van der Waals surface area contributed by atoms with Crippen molar-refractivity contribution in [2.45, 2.75) is 23.3 Å². The number of imidazole rings is 1. The summed E-state index contributed by atoms with van der Waals surface area (Å²) in [6, 6.07) is 8.37. The molecule has 172 valence electrons. The fourth-order valence-electron chi connectivity index (χ4n) is 3.56. The first-order valence-electron chi connectivity index (χ1n) is 9.48. The summed E-state index contributed by atoms with van der Waals surface area (Å²) in [5.41, 5.74) is 21.8. The molecule has 2 aromatic carbocycles. The molecule has 0 spiro atoms. The zero-order chi connectivity index (χ0) is 23.6. The molecule has 1 heterocycles. The molecule has 32 heavy (non-hydrogen) atoms. The summed E-state index contributed by atoms with van der Waals surface area (Å²) in [4.78, 5) is 4.00. The normalized spacial score (nSPS) is 13.4. The number of hydrogen-bond acceptors (Lipinski definition) is 9. The van der Waals surface area contributed by atoms with E-state index in [0.717, 1.165) is 5.52 Å². The van der Waals surface area contributed by atoms with E-state index in [0.29, 0.717) is 29.1 Å². The van der Waals surface area contributed by atoms with Gasteiger partial charge in [-0.15, -0.1) is 5.10 Å². The van der Waals surface area contributed by atoms with Gasteiger partial charge in [-0.05, 0) is 24.6 Å². The topological polar surface area (TPSA) is 224 Å². The van der Waals surface area contributed by atoms with E-state index in [4.69, 9.17) is 28.2 Å². The van der Waals surface area contributed by atoms with Gasteiger partial charge in [-0.3, -0.25) is 4.21 Å². The van der Waals surface area contributed by atoms with Crippen LogP contribution in [0.5, 0.6) is 0 Å². The van der Waals surface area contributed by atoms with Gasteiger partial charge in [0.15, 0.2) is 5.84 Å². The van der Waals surface area contributed by atoms with Gasteiger partial charge < -0.3 is 21.8 Å². The maximum absolute atomic E-state index is 12.7. The minimum atomic E-state index is -4.40. The number of nitrogens with zero attached hydrogens (tertiary/aromatic N) is 3. The number of hydrazine groups is 1. The van der Waals surface area contributed by atoms with Crippen LogP contribution in [-0.4, -0.2) is 40.3 Å². The number of hydrazone groups is 1. The number of primary sulfonamides is 1. The molecular formula is C18H25N9O3S2. The Morgan fingerprint density at radius 2 is 1.97 bits per heavy atom. The standard InChI is InChI=1S/C18H25N9O3S2/c1-2-27-12-5-3-4-11(15(12)24-18(27)21)10-6-7-13(31(28)9-8-19)16(32(23,29)30)14(10)17(20)25-26-22/h3-7,26H,2,8-9,19,22H2,1H3,(H2,20,25)(H2,21,24)(H2,23,29,30). The molecule has 3 aromatic rings. The largest absolute Gasteiger partial charge is 0.382 e. The molecule has 0 aliphatic heterocycles. The van der Waals surface area contributed by atoms with Crippen LogP contribution in [0.4, 0.5) is 5.95 Å². The Morgan fingerprint density at radius 1 is 1.25 bits per heavy atom. The predicted octanol–water partition coefficient (Wildman–Crippen LogP) is -0.897. The number of nitrogen functional groups attached to an aromatic ring is 1. The second-order valence-electron chi connectivity index (χ2n) is 6.71. The van der Waals surface area contributed by atoms with Crippen molar-refractivity contribution in [1.29, 1.82) is 0 Å². The molecule has 1 atom stereocenters. The molecule has 0 saturated carbocycles. The van der Waals surface area contributed by atoms with Gasteiger partial charge in [-0.1, -0.05) is 18.2 Å². The number of aryl methyl sites for hydroxylation is 1. The Bertz CT molecular complexity index is 1330. The minimum Gasteiger partial charge on any atom is -0.382 e. The van der Waals surface area contributed by atoms with Crippen molar-refractivity contribution in [3.05, 3.63) is 35.9 Å². The van der Waals surface area contributed by atoms with Gasteiger partial charge in [0, 0.05) is 30.0 Å². The van der Waals surface area contributed by atoms with E-state index in [9.17, 15) is 12.6 Å². The molecular weight excluding hydrogens is 454 g/mol. The summed E-state index contributed by atoms with van der Waals surface area (Å²) in [7, 11) is -6.15. The van der Waals surface area contributed by atoms with Gasteiger partial charge >= 0.3 is 0 Å². The van der Waals surface area contributed by atoms with Crippen LogP contribution in [0.3, 0.4) is 0 Å². The third-order valence-electron chi connectivity index (χ3n) is 4.81. The van der Waals surface area contributed by atoms with Crippen LogP contribution >= 0.6 is 0 Å². The van der Waals surface area contributed by atoms with Gasteiger partial charge in [-0.2, -0.15) is 0 Å². The fraction of sp³-hybridized carbons (Fsp3) is 0.222. The maximum Gasteiger partial charge on any atom is 0.240 e. The number of rotatable bonds is 8. The van der Waals surface area contributed by atoms with E-state index < -0.39 is 25.7 Å². The lowest BCUT2D eigenvalue weighted by Gasteiger charge is -2.17. The van der Waals surface area contributed by atoms with Gasteiger partial charge in [0.2, 0.25) is 16.0 Å². The molecule has 0 aliphatic carbocycles. The zero-order valence-electron chi connectivity index (χ0n) is 17.3. The van der Waals surface area contributed by atoms with E-state index in [1.165, 1.54) is 6.07 Å². The summed E-state index contributed by atoms with van der Waals surface area (Å²) in [5.74, 6) is 5.35. The first kappa shape index (κ1) is 23.6. The van der Waals surface area contributed by atoms with Crippen molar-refractivity contribution < 1.29 is 12.6 Å². The number of fused-ring (bicyclic) bond motifs is 1. The molecule has 0 bridgehead atoms. The third kappa shape index (κ3) is 4.18. The molecule has 0 fully saturated rings. The van der Waals surface area contributed by atoms with Crippen molar-refractivity contribution >= 4 is 43.6 Å². The quantitative estimate of drug-likeness (QED) is 0.102. The number of nitrogens with two attached hydrogens (primary N) is 5. The lowest BCUT2D eigenvalue weighted by Crippen LogP contribution is -2.28. The summed E-state index contributed by atoms with van der Waals surface area (Å²) in [5, 5.41) is 9.29. The maximum atomic E-state index is 12.7. The number of benzene rings is 2. The van der Waals surface area contributed by atoms with Gasteiger partial charge in [-0.25, -0.2) is 29.9 Å². The fourth-order valence-corrected chi connectivity index (χ4v) is 6.00. The predicted molar refractivity (Wildman–Crippen MR) is 125 cm³/mol. The number of aromatic nitrogens is 2. The number of hydrogen-bond donors (Lipinski definition) is 6. The van der Waals surface area contributed by atoms with Crippen LogP contribution in [0.15, 0.2) is 45.2 Å². The lowest BCUT2D eigenvalue weighted by molar-refractivity contribution is 0.594. The SMILES string of the molecule is CCn1c(N)nc2c(-c3ccc(S(=O)CCN)c(S(N)(=O)=O)c3/C(N)=N/NN)cccc21. The monoisotopic (exact) mass is 479 g/mol. The average Bonchev–Trinajstić information content (AvgIpc) is 3.07. The van der Waals surface area contributed by atoms with E-state index in [1.54, 1.807) is 18.2 Å².